The van der Waals surface area contributed by atoms with Crippen LogP contribution in [-0.2, 0) is 11.3 Å². The molecular weight excluding hydrogens is 332 g/mol. The van der Waals surface area contributed by atoms with Crippen LogP contribution < -0.4 is 5.32 Å². The van der Waals surface area contributed by atoms with Gasteiger partial charge < -0.3 is 10.4 Å². The summed E-state index contributed by atoms with van der Waals surface area (Å²) in [4.78, 5) is 15.7. The summed E-state index contributed by atoms with van der Waals surface area (Å²) in [5, 5.41) is 14.8. The molecule has 1 amide bonds. The fraction of sp³-hybridized carbons (Fsp3) is 0.450. The van der Waals surface area contributed by atoms with Crippen molar-refractivity contribution in [2.45, 2.75) is 38.5 Å². The standard InChI is InChI=1S/C20H26N2O2S/c1-14-5-7-15(8-6-14)12-22(2)13-19(24)21-20(16-10-17(23)11-16)18-4-3-9-25-18/h3-9,16-17,20,23H,10-13H2,1-2H3,(H,21,24)/t16?,17?,20-/m1/s1. The zero-order chi connectivity index (χ0) is 17.8. The summed E-state index contributed by atoms with van der Waals surface area (Å²) in [7, 11) is 1.96. The lowest BCUT2D eigenvalue weighted by atomic mass is 9.77. The van der Waals surface area contributed by atoms with Crippen LogP contribution in [0.3, 0.4) is 0 Å². The fourth-order valence-electron chi connectivity index (χ4n) is 3.32. The van der Waals surface area contributed by atoms with Gasteiger partial charge in [0.25, 0.3) is 0 Å². The first kappa shape index (κ1) is 18.1. The third kappa shape index (κ3) is 4.91. The van der Waals surface area contributed by atoms with Crippen LogP contribution in [0.4, 0.5) is 0 Å². The van der Waals surface area contributed by atoms with E-state index in [4.69, 9.17) is 0 Å². The van der Waals surface area contributed by atoms with Gasteiger partial charge in [-0.15, -0.1) is 11.3 Å². The predicted molar refractivity (Wildman–Crippen MR) is 101 cm³/mol. The first-order valence-corrected chi connectivity index (χ1v) is 9.64. The Morgan fingerprint density at radius 2 is 2.04 bits per heavy atom. The maximum Gasteiger partial charge on any atom is 0.234 e. The Hall–Kier alpha value is -1.69. The lowest BCUT2D eigenvalue weighted by Gasteiger charge is -2.37. The summed E-state index contributed by atoms with van der Waals surface area (Å²) in [6.45, 7) is 3.19. The molecule has 134 valence electrons. The summed E-state index contributed by atoms with van der Waals surface area (Å²) in [6, 6.07) is 12.5. The molecule has 1 atom stereocenters. The second kappa shape index (κ2) is 8.13. The zero-order valence-electron chi connectivity index (χ0n) is 14.8. The van der Waals surface area contributed by atoms with E-state index in [2.05, 4.69) is 42.6 Å². The van der Waals surface area contributed by atoms with E-state index >= 15 is 0 Å². The number of nitrogens with zero attached hydrogens (tertiary/aromatic N) is 1. The lowest BCUT2D eigenvalue weighted by molar-refractivity contribution is -0.124. The fourth-order valence-corrected chi connectivity index (χ4v) is 4.19. The Kier molecular flexibility index (Phi) is 5.89. The Bertz CT molecular complexity index is 678. The van der Waals surface area contributed by atoms with E-state index in [-0.39, 0.29) is 18.1 Å². The number of amides is 1. The van der Waals surface area contributed by atoms with Crippen molar-refractivity contribution in [3.63, 3.8) is 0 Å². The first-order valence-electron chi connectivity index (χ1n) is 8.76. The number of likely N-dealkylation sites (N-methyl/N-ethyl adjacent to an activating group) is 1. The summed E-state index contributed by atoms with van der Waals surface area (Å²) in [6.07, 6.45) is 1.32. The summed E-state index contributed by atoms with van der Waals surface area (Å²) in [5.74, 6) is 0.370. The highest BCUT2D eigenvalue weighted by Crippen LogP contribution is 2.39. The van der Waals surface area contributed by atoms with Crippen molar-refractivity contribution in [2.75, 3.05) is 13.6 Å². The number of carbonyl (C=O) groups is 1. The van der Waals surface area contributed by atoms with Gasteiger partial charge in [-0.1, -0.05) is 35.9 Å². The van der Waals surface area contributed by atoms with Crippen LogP contribution >= 0.6 is 11.3 Å². The van der Waals surface area contributed by atoms with Crippen molar-refractivity contribution < 1.29 is 9.90 Å². The van der Waals surface area contributed by atoms with Gasteiger partial charge in [0.15, 0.2) is 0 Å². The van der Waals surface area contributed by atoms with E-state index in [9.17, 15) is 9.90 Å². The third-order valence-electron chi connectivity index (χ3n) is 4.77. The number of rotatable bonds is 7. The maximum absolute atomic E-state index is 12.5. The molecule has 1 heterocycles. The number of carbonyl (C=O) groups excluding carboxylic acids is 1. The molecule has 0 unspecified atom stereocenters. The molecule has 0 bridgehead atoms. The lowest BCUT2D eigenvalue weighted by Crippen LogP contribution is -2.43. The van der Waals surface area contributed by atoms with Crippen molar-refractivity contribution in [3.8, 4) is 0 Å². The molecule has 1 saturated carbocycles. The van der Waals surface area contributed by atoms with Gasteiger partial charge in [0.1, 0.15) is 0 Å². The molecule has 0 spiro atoms. The Morgan fingerprint density at radius 3 is 2.64 bits per heavy atom. The van der Waals surface area contributed by atoms with Crippen LogP contribution in [0, 0.1) is 12.8 Å². The second-order valence-electron chi connectivity index (χ2n) is 7.10. The van der Waals surface area contributed by atoms with Crippen molar-refractivity contribution in [1.82, 2.24) is 10.2 Å². The number of nitrogens with one attached hydrogen (secondary N) is 1. The normalized spacial score (nSPS) is 21.0. The van der Waals surface area contributed by atoms with Gasteiger partial charge in [-0.3, -0.25) is 9.69 Å². The van der Waals surface area contributed by atoms with Crippen LogP contribution in [0.25, 0.3) is 0 Å². The third-order valence-corrected chi connectivity index (χ3v) is 5.73. The Morgan fingerprint density at radius 1 is 1.32 bits per heavy atom. The zero-order valence-corrected chi connectivity index (χ0v) is 15.6. The summed E-state index contributed by atoms with van der Waals surface area (Å²) < 4.78 is 0. The Balaban J connectivity index is 1.55. The molecule has 1 aliphatic rings. The van der Waals surface area contributed by atoms with E-state index in [1.165, 1.54) is 16.0 Å². The number of thiophene rings is 1. The van der Waals surface area contributed by atoms with Gasteiger partial charge in [-0.05, 0) is 49.7 Å². The minimum absolute atomic E-state index is 0.0173. The van der Waals surface area contributed by atoms with E-state index in [1.807, 2.05) is 23.4 Å². The SMILES string of the molecule is Cc1ccc(CN(C)CC(=O)N[C@@H](c2cccs2)C2CC(O)C2)cc1. The van der Waals surface area contributed by atoms with Crippen molar-refractivity contribution in [3.05, 3.63) is 57.8 Å². The molecule has 2 N–H and O–H groups in total. The monoisotopic (exact) mass is 358 g/mol. The highest BCUT2D eigenvalue weighted by atomic mass is 32.1. The molecule has 1 fully saturated rings. The molecule has 4 nitrogen and oxygen atoms in total. The molecule has 0 saturated heterocycles. The average molecular weight is 359 g/mol. The van der Waals surface area contributed by atoms with Crippen LogP contribution in [0.15, 0.2) is 41.8 Å². The number of hydrogen-bond donors (Lipinski definition) is 2. The highest BCUT2D eigenvalue weighted by molar-refractivity contribution is 7.10. The van der Waals surface area contributed by atoms with Crippen LogP contribution in [0.1, 0.15) is 34.9 Å². The van der Waals surface area contributed by atoms with Gasteiger partial charge in [0.05, 0.1) is 18.7 Å². The van der Waals surface area contributed by atoms with Gasteiger partial charge in [-0.2, -0.15) is 0 Å². The highest BCUT2D eigenvalue weighted by Gasteiger charge is 2.36. The van der Waals surface area contributed by atoms with Crippen LogP contribution in [0.2, 0.25) is 0 Å². The number of benzene rings is 1. The van der Waals surface area contributed by atoms with E-state index in [0.29, 0.717) is 12.5 Å². The van der Waals surface area contributed by atoms with Gasteiger partial charge in [-0.25, -0.2) is 0 Å². The van der Waals surface area contributed by atoms with Crippen molar-refractivity contribution in [1.29, 1.82) is 0 Å². The minimum Gasteiger partial charge on any atom is -0.393 e. The second-order valence-corrected chi connectivity index (χ2v) is 8.08. The smallest absolute Gasteiger partial charge is 0.234 e. The molecule has 1 aromatic carbocycles. The minimum atomic E-state index is -0.214. The van der Waals surface area contributed by atoms with E-state index in [0.717, 1.165) is 19.4 Å². The number of hydrogen-bond acceptors (Lipinski definition) is 4. The molecule has 0 aliphatic heterocycles. The van der Waals surface area contributed by atoms with Crippen molar-refractivity contribution in [2.24, 2.45) is 5.92 Å². The molecule has 0 radical (unpaired) electrons. The van der Waals surface area contributed by atoms with E-state index < -0.39 is 0 Å². The van der Waals surface area contributed by atoms with Crippen LogP contribution in [0.5, 0.6) is 0 Å². The molecule has 2 aromatic rings. The van der Waals surface area contributed by atoms with Crippen molar-refractivity contribution >= 4 is 17.2 Å². The number of aliphatic hydroxyl groups excluding tert-OH is 1. The molecule has 25 heavy (non-hydrogen) atoms. The van der Waals surface area contributed by atoms with Gasteiger partial charge in [0, 0.05) is 11.4 Å². The molecule has 3 rings (SSSR count). The molecule has 1 aromatic heterocycles. The average Bonchev–Trinajstić information content (AvgIpc) is 3.06. The summed E-state index contributed by atoms with van der Waals surface area (Å²) in [5.41, 5.74) is 2.45. The number of aliphatic hydroxyl groups is 1. The van der Waals surface area contributed by atoms with Crippen LogP contribution in [-0.4, -0.2) is 35.6 Å². The largest absolute Gasteiger partial charge is 0.393 e. The Labute approximate surface area is 153 Å². The molecule has 1 aliphatic carbocycles. The molecular formula is C20H26N2O2S. The topological polar surface area (TPSA) is 52.6 Å². The van der Waals surface area contributed by atoms with E-state index in [1.54, 1.807) is 11.3 Å². The predicted octanol–water partition coefficient (Wildman–Crippen LogP) is 3.12. The molecule has 5 heteroatoms. The quantitative estimate of drug-likeness (QED) is 0.800. The van der Waals surface area contributed by atoms with Gasteiger partial charge >= 0.3 is 0 Å². The maximum atomic E-state index is 12.5. The van der Waals surface area contributed by atoms with Gasteiger partial charge in [0.2, 0.25) is 5.91 Å². The number of aryl methyl sites for hydroxylation is 1. The first-order chi connectivity index (χ1) is 12.0. The summed E-state index contributed by atoms with van der Waals surface area (Å²) >= 11 is 1.66.